The number of thioether (sulfide) groups is 1. The van der Waals surface area contributed by atoms with E-state index >= 15 is 0 Å². The monoisotopic (exact) mass is 1060 g/mol. The molecule has 9 amide bonds. The van der Waals surface area contributed by atoms with E-state index in [1.165, 1.54) is 30.5 Å². The van der Waals surface area contributed by atoms with Gasteiger partial charge in [0.25, 0.3) is 0 Å². The van der Waals surface area contributed by atoms with Gasteiger partial charge in [-0.15, -0.1) is 0 Å². The number of aliphatic hydroxyl groups excluding tert-OH is 1. The Hall–Kier alpha value is -6.82. The second kappa shape index (κ2) is 32.3. The number of nitrogens with zero attached hydrogens (tertiary/aromatic N) is 2. The Kier molecular flexibility index (Phi) is 28.4. The predicted molar refractivity (Wildman–Crippen MR) is 261 cm³/mol. The summed E-state index contributed by atoms with van der Waals surface area (Å²) in [6.07, 6.45) is -1.77. The molecule has 0 aromatic carbocycles. The number of guanidine groups is 1. The molecule has 0 spiro atoms. The van der Waals surface area contributed by atoms with Gasteiger partial charge in [-0.2, -0.15) is 11.8 Å². The summed E-state index contributed by atoms with van der Waals surface area (Å²) in [5, 5.41) is 55.8. The first-order valence-corrected chi connectivity index (χ1v) is 24.9. The van der Waals surface area contributed by atoms with Gasteiger partial charge in [0.05, 0.1) is 18.6 Å². The lowest BCUT2D eigenvalue weighted by atomic mass is 9.96. The number of hydrogen-bond acceptors (Lipinski definition) is 16. The van der Waals surface area contributed by atoms with Crippen LogP contribution in [-0.4, -0.2) is 188 Å². The van der Waals surface area contributed by atoms with E-state index < -0.39 is 157 Å². The van der Waals surface area contributed by atoms with Gasteiger partial charge >= 0.3 is 17.9 Å². The summed E-state index contributed by atoms with van der Waals surface area (Å²) in [5.41, 5.74) is 21.6. The van der Waals surface area contributed by atoms with E-state index in [4.69, 9.17) is 22.9 Å². The molecule has 0 bridgehead atoms. The van der Waals surface area contributed by atoms with Crippen molar-refractivity contribution < 1.29 is 78.0 Å². The highest BCUT2D eigenvalue weighted by Crippen LogP contribution is 2.21. The molecule has 19 N–H and O–H groups in total. The molecule has 1 saturated heterocycles. The van der Waals surface area contributed by atoms with Crippen LogP contribution in [0.3, 0.4) is 0 Å². The van der Waals surface area contributed by atoms with E-state index in [0.717, 1.165) is 6.92 Å². The summed E-state index contributed by atoms with van der Waals surface area (Å²) in [6.45, 7) is 5.70. The van der Waals surface area contributed by atoms with Crippen LogP contribution in [0.2, 0.25) is 0 Å². The predicted octanol–water partition coefficient (Wildman–Crippen LogP) is -5.36. The minimum atomic E-state index is -1.90. The fraction of sp³-hybridized carbons (Fsp3) is 0.698. The molecule has 1 heterocycles. The van der Waals surface area contributed by atoms with Gasteiger partial charge in [0, 0.05) is 25.9 Å². The van der Waals surface area contributed by atoms with Crippen LogP contribution in [-0.2, 0) is 57.5 Å². The maximum absolute atomic E-state index is 14.1. The summed E-state index contributed by atoms with van der Waals surface area (Å²) in [6, 6.07) is -13.4. The molecule has 29 nitrogen and oxygen atoms in total. The van der Waals surface area contributed by atoms with Crippen LogP contribution in [0, 0.1) is 5.92 Å². The van der Waals surface area contributed by atoms with Gasteiger partial charge in [-0.3, -0.25) is 57.7 Å². The Morgan fingerprint density at radius 1 is 0.671 bits per heavy atom. The van der Waals surface area contributed by atoms with Crippen LogP contribution in [0.4, 0.5) is 0 Å². The fourth-order valence-corrected chi connectivity index (χ4v) is 7.67. The lowest BCUT2D eigenvalue weighted by Gasteiger charge is -2.31. The molecule has 73 heavy (non-hydrogen) atoms. The highest BCUT2D eigenvalue weighted by atomic mass is 32.2. The van der Waals surface area contributed by atoms with Gasteiger partial charge in [0.1, 0.15) is 48.3 Å². The van der Waals surface area contributed by atoms with Crippen LogP contribution < -0.4 is 60.2 Å². The molecular weight excluding hydrogens is 987 g/mol. The van der Waals surface area contributed by atoms with E-state index in [-0.39, 0.29) is 57.6 Å². The maximum atomic E-state index is 14.1. The number of aliphatic carboxylic acids is 3. The number of nitrogens with one attached hydrogen (secondary N) is 7. The van der Waals surface area contributed by atoms with Crippen molar-refractivity contribution in [3.8, 4) is 0 Å². The van der Waals surface area contributed by atoms with Crippen molar-refractivity contribution in [3.05, 3.63) is 0 Å². The normalized spacial score (nSPS) is 17.2. The van der Waals surface area contributed by atoms with Crippen LogP contribution in [0.15, 0.2) is 4.99 Å². The molecule has 1 fully saturated rings. The Labute approximate surface area is 425 Å². The van der Waals surface area contributed by atoms with Crippen molar-refractivity contribution in [2.75, 3.05) is 25.1 Å². The van der Waals surface area contributed by atoms with E-state index in [9.17, 15) is 78.0 Å². The maximum Gasteiger partial charge on any atom is 0.326 e. The van der Waals surface area contributed by atoms with Crippen molar-refractivity contribution in [2.24, 2.45) is 33.8 Å². The smallest absolute Gasteiger partial charge is 0.326 e. The van der Waals surface area contributed by atoms with Crippen molar-refractivity contribution in [2.45, 2.75) is 159 Å². The van der Waals surface area contributed by atoms with Crippen molar-refractivity contribution >= 4 is 88.8 Å². The van der Waals surface area contributed by atoms with Crippen LogP contribution in [0.1, 0.15) is 98.3 Å². The summed E-state index contributed by atoms with van der Waals surface area (Å²) < 4.78 is 0. The number of carboxylic acid groups (broad SMARTS) is 3. The van der Waals surface area contributed by atoms with Gasteiger partial charge < -0.3 is 85.5 Å². The number of carboxylic acids is 3. The second-order valence-electron chi connectivity index (χ2n) is 17.5. The van der Waals surface area contributed by atoms with Crippen molar-refractivity contribution in [3.63, 3.8) is 0 Å². The van der Waals surface area contributed by atoms with Gasteiger partial charge in [0.2, 0.25) is 53.2 Å². The molecule has 0 saturated carbocycles. The molecule has 1 rings (SSSR count). The van der Waals surface area contributed by atoms with Gasteiger partial charge in [0.15, 0.2) is 5.96 Å². The molecule has 0 radical (unpaired) electrons. The third-order valence-electron chi connectivity index (χ3n) is 11.6. The van der Waals surface area contributed by atoms with E-state index in [0.29, 0.717) is 18.6 Å². The largest absolute Gasteiger partial charge is 0.481 e. The number of nitrogens with two attached hydrogens (primary N) is 4. The number of carbonyl (C=O) groups is 12. The first kappa shape index (κ1) is 64.2. The molecule has 0 aromatic rings. The van der Waals surface area contributed by atoms with E-state index in [1.807, 2.05) is 0 Å². The average molecular weight is 1060 g/mol. The summed E-state index contributed by atoms with van der Waals surface area (Å²) in [5.74, 6) is -13.6. The molecule has 0 aromatic heterocycles. The van der Waals surface area contributed by atoms with Gasteiger partial charge in [-0.25, -0.2) is 4.79 Å². The highest BCUT2D eigenvalue weighted by molar-refractivity contribution is 7.98. The SMILES string of the molecule is CC[C@H](C)[C@H](NC(=O)[C@@H](NC(=O)[C@H](CC(=O)O)NC(=O)[C@H](C)NC(=O)[C@@H](N)CCCN=C(N)N)[C@@H](C)O)C(=O)N[C@@H](CCC(=O)O)C(=O)N[C@@H](CCSC)C(=O)N1CCC[C@H]1C(=O)N[C@@H](CCC(N)=O)C(=O)O. The van der Waals surface area contributed by atoms with Crippen LogP contribution in [0.25, 0.3) is 0 Å². The third-order valence-corrected chi connectivity index (χ3v) is 12.2. The first-order valence-electron chi connectivity index (χ1n) is 23.5. The van der Waals surface area contributed by atoms with Crippen LogP contribution in [0.5, 0.6) is 0 Å². The Bertz CT molecular complexity index is 2010. The minimum absolute atomic E-state index is 0.00447. The zero-order chi connectivity index (χ0) is 55.7. The molecule has 1 aliphatic heterocycles. The quantitative estimate of drug-likeness (QED) is 0.0163. The molecule has 0 aliphatic carbocycles. The number of hydrogen-bond donors (Lipinski definition) is 15. The van der Waals surface area contributed by atoms with Crippen molar-refractivity contribution in [1.82, 2.24) is 42.1 Å². The van der Waals surface area contributed by atoms with Crippen molar-refractivity contribution in [1.29, 1.82) is 0 Å². The zero-order valence-corrected chi connectivity index (χ0v) is 42.4. The summed E-state index contributed by atoms with van der Waals surface area (Å²) in [7, 11) is 0. The number of aliphatic imine (C=N–C) groups is 1. The number of primary amides is 1. The Balaban J connectivity index is 3.34. The van der Waals surface area contributed by atoms with E-state index in [1.54, 1.807) is 13.2 Å². The third kappa shape index (κ3) is 23.1. The molecule has 0 unspecified atom stereocenters. The number of carbonyl (C=O) groups excluding carboxylic acids is 9. The molecular formula is C43H73N13O16S. The second-order valence-corrected chi connectivity index (χ2v) is 18.5. The summed E-state index contributed by atoms with van der Waals surface area (Å²) in [4.78, 5) is 160. The van der Waals surface area contributed by atoms with Gasteiger partial charge in [-0.1, -0.05) is 20.3 Å². The fourth-order valence-electron chi connectivity index (χ4n) is 7.20. The van der Waals surface area contributed by atoms with Gasteiger partial charge in [-0.05, 0) is 76.7 Å². The van der Waals surface area contributed by atoms with E-state index in [2.05, 4.69) is 42.2 Å². The van der Waals surface area contributed by atoms with Crippen LogP contribution >= 0.6 is 11.8 Å². The Morgan fingerprint density at radius 2 is 1.25 bits per heavy atom. The number of amides is 9. The zero-order valence-electron chi connectivity index (χ0n) is 41.6. The molecule has 1 aliphatic rings. The topological polar surface area (TPSA) is 490 Å². The molecule has 11 atom stereocenters. The lowest BCUT2D eigenvalue weighted by molar-refractivity contribution is -0.145. The lowest BCUT2D eigenvalue weighted by Crippen LogP contribution is -2.62. The number of rotatable bonds is 34. The standard InChI is InChI=1S/C43H73N13O16S/c1-6-20(2)32(54-40(69)33(22(4)57)55-37(66)27(19-31(61)62)53-34(63)21(3)49-35(64)23(44)9-7-16-48-43(46)47)39(68)50-24(12-14-30(59)60)36(65)51-25(15-18-73-5)41(70)56-17-8-10-28(56)38(67)52-26(42(71)72)11-13-29(45)58/h20-28,32-33,57H,6-19,44H2,1-5H3,(H2,45,58)(H,49,64)(H,50,68)(H,51,65)(H,52,67)(H,53,63)(H,54,69)(H,55,66)(H,59,60)(H,61,62)(H,71,72)(H4,46,47,48)/t20-,21-,22+,23-,24-,25-,26-,27-,28-,32-,33-/m0/s1. The average Bonchev–Trinajstić information content (AvgIpc) is 3.81. The number of aliphatic hydroxyl groups is 1. The number of likely N-dealkylation sites (tertiary alicyclic amines) is 1. The first-order chi connectivity index (χ1) is 34.1. The minimum Gasteiger partial charge on any atom is -0.481 e. The Morgan fingerprint density at radius 3 is 1.79 bits per heavy atom. The molecule has 30 heteroatoms. The summed E-state index contributed by atoms with van der Waals surface area (Å²) >= 11 is 1.31. The highest BCUT2D eigenvalue weighted by Gasteiger charge is 2.41. The molecule has 412 valence electrons.